The molecule has 0 spiro atoms. The van der Waals surface area contributed by atoms with E-state index in [-0.39, 0.29) is 18.9 Å². The molecule has 4 aromatic rings. The molecule has 1 amide bonds. The van der Waals surface area contributed by atoms with Crippen LogP contribution in [0.15, 0.2) is 105 Å². The Morgan fingerprint density at radius 2 is 1.64 bits per heavy atom. The summed E-state index contributed by atoms with van der Waals surface area (Å²) >= 11 is 19.4. The van der Waals surface area contributed by atoms with Gasteiger partial charge >= 0.3 is 0 Å². The molecule has 0 aliphatic carbocycles. The number of benzene rings is 4. The molecule has 1 heterocycles. The molecule has 1 aliphatic heterocycles. The molecule has 0 saturated heterocycles. The Morgan fingerprint density at radius 1 is 0.956 bits per heavy atom. The lowest BCUT2D eigenvalue weighted by Gasteiger charge is -2.31. The highest BCUT2D eigenvalue weighted by atomic mass is 79.9. The fraction of sp³-hybridized carbons (Fsp3) is 0.235. The van der Waals surface area contributed by atoms with Gasteiger partial charge in [-0.3, -0.25) is 10.2 Å². The summed E-state index contributed by atoms with van der Waals surface area (Å²) in [6.07, 6.45) is 0.672. The van der Waals surface area contributed by atoms with Crippen molar-refractivity contribution in [3.63, 3.8) is 0 Å². The first kappa shape index (κ1) is 33.4. The van der Waals surface area contributed by atoms with Gasteiger partial charge in [0.15, 0.2) is 11.6 Å². The molecule has 0 radical (unpaired) electrons. The van der Waals surface area contributed by atoms with Crippen molar-refractivity contribution in [3.05, 3.63) is 132 Å². The maximum absolute atomic E-state index is 14.3. The van der Waals surface area contributed by atoms with Gasteiger partial charge in [0.25, 0.3) is 5.91 Å². The van der Waals surface area contributed by atoms with Gasteiger partial charge in [0.1, 0.15) is 5.75 Å². The maximum Gasteiger partial charge on any atom is 0.266 e. The first-order chi connectivity index (χ1) is 21.8. The van der Waals surface area contributed by atoms with Gasteiger partial charge in [-0.25, -0.2) is 10.4 Å². The number of halogens is 4. The Balaban J connectivity index is 1.46. The Labute approximate surface area is 289 Å². The van der Waals surface area contributed by atoms with E-state index in [4.69, 9.17) is 42.8 Å². The minimum absolute atomic E-state index is 0.0619. The Kier molecular flexibility index (Phi) is 11.6. The number of hydrogen-bond acceptors (Lipinski definition) is 6. The molecule has 4 aromatic carbocycles. The molecule has 0 fully saturated rings. The van der Waals surface area contributed by atoms with Crippen LogP contribution in [0.5, 0.6) is 5.75 Å². The van der Waals surface area contributed by atoms with Crippen LogP contribution in [0.4, 0.5) is 0 Å². The average molecular weight is 776 g/mol. The number of aliphatic hydroxyl groups excluding tert-OH is 1. The fourth-order valence-electron chi connectivity index (χ4n) is 5.01. The van der Waals surface area contributed by atoms with Crippen molar-refractivity contribution < 1.29 is 19.4 Å². The molecular formula is C34H31Br2Cl2N3O4. The van der Waals surface area contributed by atoms with Gasteiger partial charge in [-0.05, 0) is 83.8 Å². The first-order valence-electron chi connectivity index (χ1n) is 14.3. The van der Waals surface area contributed by atoms with E-state index in [1.807, 2.05) is 78.9 Å². The summed E-state index contributed by atoms with van der Waals surface area (Å²) < 4.78 is 14.1. The third-order valence-electron chi connectivity index (χ3n) is 7.33. The number of hydrogen-bond donors (Lipinski definition) is 3. The third-order valence-corrected chi connectivity index (χ3v) is 8.97. The quantitative estimate of drug-likeness (QED) is 0.0960. The Bertz CT molecular complexity index is 1640. The number of carbonyl (C=O) groups is 1. The number of hydrazine groups is 1. The van der Waals surface area contributed by atoms with Gasteiger partial charge in [0.05, 0.1) is 6.61 Å². The third kappa shape index (κ3) is 8.47. The standard InChI is InChI=1S/C34H31Br2Cl2N3O4/c35-26-9-2-22(3-10-26)21-34(33(43)41-39-17-16-23-6-13-28(37)20-30(23)38)31(24-4-11-27(36)12-5-24)45-32(40-34)25-7-14-29(15-8-25)44-19-1-18-42/h2-15,20,31,39,42H,1,16-19,21H2,(H,41,43)/t31-,34-/m0/s1. The zero-order valence-corrected chi connectivity index (χ0v) is 28.8. The predicted octanol–water partition coefficient (Wildman–Crippen LogP) is 7.64. The van der Waals surface area contributed by atoms with Crippen LogP contribution >= 0.6 is 55.1 Å². The molecule has 5 rings (SSSR count). The molecule has 0 bridgehead atoms. The van der Waals surface area contributed by atoms with Crippen molar-refractivity contribution in [3.8, 4) is 5.75 Å². The topological polar surface area (TPSA) is 92.2 Å². The number of aliphatic imine (C=N–C) groups is 1. The van der Waals surface area contributed by atoms with Crippen LogP contribution in [0.2, 0.25) is 10.0 Å². The number of nitrogens with zero attached hydrogens (tertiary/aromatic N) is 1. The molecule has 3 N–H and O–H groups in total. The monoisotopic (exact) mass is 773 g/mol. The summed E-state index contributed by atoms with van der Waals surface area (Å²) in [6.45, 7) is 0.901. The highest BCUT2D eigenvalue weighted by molar-refractivity contribution is 9.10. The molecule has 45 heavy (non-hydrogen) atoms. The van der Waals surface area contributed by atoms with Crippen molar-refractivity contribution in [2.75, 3.05) is 19.8 Å². The van der Waals surface area contributed by atoms with Gasteiger partial charge in [-0.2, -0.15) is 0 Å². The van der Waals surface area contributed by atoms with Crippen molar-refractivity contribution in [1.29, 1.82) is 0 Å². The Morgan fingerprint density at radius 3 is 2.31 bits per heavy atom. The lowest BCUT2D eigenvalue weighted by Crippen LogP contribution is -2.54. The summed E-state index contributed by atoms with van der Waals surface area (Å²) in [7, 11) is 0. The fourth-order valence-corrected chi connectivity index (χ4v) is 6.04. The van der Waals surface area contributed by atoms with Crippen LogP contribution in [0, 0.1) is 0 Å². The van der Waals surface area contributed by atoms with E-state index in [1.54, 1.807) is 12.1 Å². The van der Waals surface area contributed by atoms with Crippen LogP contribution in [-0.2, 0) is 22.4 Å². The second-order valence-corrected chi connectivity index (χ2v) is 13.2. The van der Waals surface area contributed by atoms with Crippen molar-refractivity contribution >= 4 is 66.9 Å². The van der Waals surface area contributed by atoms with E-state index in [1.165, 1.54) is 0 Å². The molecule has 234 valence electrons. The summed E-state index contributed by atoms with van der Waals surface area (Å²) in [6, 6.07) is 28.3. The number of ether oxygens (including phenoxy) is 2. The van der Waals surface area contributed by atoms with Crippen LogP contribution in [0.1, 0.15) is 34.8 Å². The van der Waals surface area contributed by atoms with Crippen LogP contribution in [0.3, 0.4) is 0 Å². The number of nitrogens with one attached hydrogen (secondary N) is 2. The smallest absolute Gasteiger partial charge is 0.266 e. The molecule has 11 heteroatoms. The minimum Gasteiger partial charge on any atom is -0.494 e. The lowest BCUT2D eigenvalue weighted by atomic mass is 9.82. The highest BCUT2D eigenvalue weighted by Gasteiger charge is 2.53. The second kappa shape index (κ2) is 15.6. The highest BCUT2D eigenvalue weighted by Crippen LogP contribution is 2.43. The number of carbonyl (C=O) groups excluding carboxylic acids is 1. The van der Waals surface area contributed by atoms with Crippen molar-refractivity contribution in [2.24, 2.45) is 4.99 Å². The second-order valence-electron chi connectivity index (χ2n) is 10.5. The summed E-state index contributed by atoms with van der Waals surface area (Å²) in [5.74, 6) is 0.684. The van der Waals surface area contributed by atoms with E-state index < -0.39 is 11.6 Å². The van der Waals surface area contributed by atoms with E-state index >= 15 is 0 Å². The molecule has 0 aromatic heterocycles. The van der Waals surface area contributed by atoms with E-state index in [2.05, 4.69) is 42.7 Å². The number of rotatable bonds is 13. The minimum atomic E-state index is -1.35. The molecule has 1 aliphatic rings. The van der Waals surface area contributed by atoms with Gasteiger partial charge in [0.2, 0.25) is 5.90 Å². The van der Waals surface area contributed by atoms with Crippen molar-refractivity contribution in [1.82, 2.24) is 10.9 Å². The zero-order valence-electron chi connectivity index (χ0n) is 24.1. The molecule has 2 atom stereocenters. The molecule has 0 unspecified atom stereocenters. The van der Waals surface area contributed by atoms with Crippen LogP contribution in [-0.4, -0.2) is 42.2 Å². The van der Waals surface area contributed by atoms with Gasteiger partial charge in [-0.1, -0.05) is 85.4 Å². The Hall–Kier alpha value is -2.92. The largest absolute Gasteiger partial charge is 0.494 e. The molecule has 0 saturated carbocycles. The number of amides is 1. The summed E-state index contributed by atoms with van der Waals surface area (Å²) in [4.78, 5) is 19.4. The van der Waals surface area contributed by atoms with Crippen LogP contribution < -0.4 is 15.6 Å². The van der Waals surface area contributed by atoms with E-state index in [0.717, 1.165) is 25.6 Å². The van der Waals surface area contributed by atoms with E-state index in [0.29, 0.717) is 53.2 Å². The predicted molar refractivity (Wildman–Crippen MR) is 185 cm³/mol. The van der Waals surface area contributed by atoms with E-state index in [9.17, 15) is 4.79 Å². The average Bonchev–Trinajstić information content (AvgIpc) is 3.42. The molecular weight excluding hydrogens is 745 g/mol. The first-order valence-corrected chi connectivity index (χ1v) is 16.7. The molecule has 7 nitrogen and oxygen atoms in total. The van der Waals surface area contributed by atoms with Crippen LogP contribution in [0.25, 0.3) is 0 Å². The maximum atomic E-state index is 14.3. The van der Waals surface area contributed by atoms with Gasteiger partial charge < -0.3 is 14.6 Å². The van der Waals surface area contributed by atoms with Gasteiger partial charge in [0, 0.05) is 50.5 Å². The SMILES string of the molecule is O=C(NNCCc1ccc(Cl)cc1Cl)[C@@]1(Cc2ccc(Br)cc2)N=C(c2ccc(OCCCO)cc2)O[C@H]1c1ccc(Br)cc1. The van der Waals surface area contributed by atoms with Gasteiger partial charge in [-0.15, -0.1) is 0 Å². The zero-order chi connectivity index (χ0) is 31.8. The summed E-state index contributed by atoms with van der Waals surface area (Å²) in [5.41, 5.74) is 7.99. The lowest BCUT2D eigenvalue weighted by molar-refractivity contribution is -0.130. The summed E-state index contributed by atoms with van der Waals surface area (Å²) in [5, 5.41) is 10.2. The normalized spacial score (nSPS) is 17.4. The number of aliphatic hydroxyl groups is 1. The van der Waals surface area contributed by atoms with Crippen molar-refractivity contribution in [2.45, 2.75) is 30.9 Å².